The number of carbonyl (C=O) groups excluding carboxylic acids is 2. The van der Waals surface area contributed by atoms with E-state index in [0.717, 1.165) is 25.0 Å². The van der Waals surface area contributed by atoms with E-state index in [4.69, 9.17) is 0 Å². The first-order valence-corrected chi connectivity index (χ1v) is 7.51. The molecule has 2 rings (SSSR count). The Kier molecular flexibility index (Phi) is 5.50. The van der Waals surface area contributed by atoms with E-state index in [-0.39, 0.29) is 11.9 Å². The van der Waals surface area contributed by atoms with Crippen molar-refractivity contribution in [2.24, 2.45) is 0 Å². The summed E-state index contributed by atoms with van der Waals surface area (Å²) >= 11 is 0. The second kappa shape index (κ2) is 7.39. The third kappa shape index (κ3) is 5.01. The van der Waals surface area contributed by atoms with E-state index in [1.54, 1.807) is 4.90 Å². The van der Waals surface area contributed by atoms with Gasteiger partial charge < -0.3 is 10.2 Å². The summed E-state index contributed by atoms with van der Waals surface area (Å²) in [5.41, 5.74) is -0.416. The standard InChI is InChI=1S/C17H17F3N2O2/c1-12(23)21-15-3-2-10-22(11-15)16(24)9-6-13-4-7-14(8-5-13)17(18,19)20/h4-5,7-8,15H,2-3,10-11H2,1H3,(H,21,23)/t15-/m0/s1. The van der Waals surface area contributed by atoms with Gasteiger partial charge in [-0.25, -0.2) is 0 Å². The van der Waals surface area contributed by atoms with Gasteiger partial charge in [0.15, 0.2) is 0 Å². The molecule has 1 saturated heterocycles. The number of halogens is 3. The maximum absolute atomic E-state index is 12.5. The number of nitrogens with one attached hydrogen (secondary N) is 1. The average molecular weight is 338 g/mol. The van der Waals surface area contributed by atoms with E-state index in [1.165, 1.54) is 19.1 Å². The summed E-state index contributed by atoms with van der Waals surface area (Å²) < 4.78 is 37.4. The largest absolute Gasteiger partial charge is 0.416 e. The molecule has 24 heavy (non-hydrogen) atoms. The summed E-state index contributed by atoms with van der Waals surface area (Å²) in [6.45, 7) is 2.36. The molecule has 7 heteroatoms. The Bertz CT molecular complexity index is 672. The van der Waals surface area contributed by atoms with E-state index in [9.17, 15) is 22.8 Å². The Morgan fingerprint density at radius 2 is 1.92 bits per heavy atom. The maximum atomic E-state index is 12.5. The van der Waals surface area contributed by atoms with Crippen molar-refractivity contribution in [3.63, 3.8) is 0 Å². The number of alkyl halides is 3. The molecule has 1 atom stereocenters. The van der Waals surface area contributed by atoms with E-state index < -0.39 is 17.6 Å². The highest BCUT2D eigenvalue weighted by atomic mass is 19.4. The molecule has 4 nitrogen and oxygen atoms in total. The first-order valence-electron chi connectivity index (χ1n) is 7.51. The first-order chi connectivity index (χ1) is 11.3. The Labute approximate surface area is 138 Å². The minimum atomic E-state index is -4.39. The Morgan fingerprint density at radius 3 is 2.50 bits per heavy atom. The second-order valence-electron chi connectivity index (χ2n) is 5.62. The predicted octanol–water partition coefficient (Wildman–Crippen LogP) is 2.18. The number of rotatable bonds is 1. The lowest BCUT2D eigenvalue weighted by Gasteiger charge is -2.31. The van der Waals surface area contributed by atoms with Gasteiger partial charge in [0, 0.05) is 37.5 Å². The zero-order valence-electron chi connectivity index (χ0n) is 13.1. The number of carbonyl (C=O) groups is 2. The van der Waals surface area contributed by atoms with E-state index in [1.807, 2.05) is 0 Å². The molecule has 1 N–H and O–H groups in total. The normalized spacial score (nSPS) is 17.7. The Balaban J connectivity index is 1.99. The van der Waals surface area contributed by atoms with E-state index in [2.05, 4.69) is 17.2 Å². The average Bonchev–Trinajstić information content (AvgIpc) is 2.52. The van der Waals surface area contributed by atoms with Crippen LogP contribution in [0.1, 0.15) is 30.9 Å². The molecule has 0 aliphatic carbocycles. The molecule has 1 aliphatic heterocycles. The van der Waals surface area contributed by atoms with Crippen LogP contribution in [0.25, 0.3) is 0 Å². The summed E-state index contributed by atoms with van der Waals surface area (Å²) in [7, 11) is 0. The molecule has 2 amide bonds. The van der Waals surface area contributed by atoms with Crippen molar-refractivity contribution < 1.29 is 22.8 Å². The third-order valence-electron chi connectivity index (χ3n) is 3.64. The van der Waals surface area contributed by atoms with Gasteiger partial charge in [0.25, 0.3) is 5.91 Å². The van der Waals surface area contributed by atoms with Gasteiger partial charge in [-0.05, 0) is 37.1 Å². The van der Waals surface area contributed by atoms with Crippen molar-refractivity contribution in [1.82, 2.24) is 10.2 Å². The van der Waals surface area contributed by atoms with Crippen LogP contribution in [0.2, 0.25) is 0 Å². The van der Waals surface area contributed by atoms with Gasteiger partial charge in [-0.2, -0.15) is 13.2 Å². The smallest absolute Gasteiger partial charge is 0.352 e. The molecule has 0 saturated carbocycles. The third-order valence-corrected chi connectivity index (χ3v) is 3.64. The summed E-state index contributed by atoms with van der Waals surface area (Å²) in [6.07, 6.45) is -2.83. The van der Waals surface area contributed by atoms with Crippen LogP contribution < -0.4 is 5.32 Å². The lowest BCUT2D eigenvalue weighted by molar-refractivity contribution is -0.137. The predicted molar refractivity (Wildman–Crippen MR) is 81.7 cm³/mol. The van der Waals surface area contributed by atoms with Crippen molar-refractivity contribution in [3.05, 3.63) is 35.4 Å². The topological polar surface area (TPSA) is 49.4 Å². The molecule has 0 aromatic heterocycles. The van der Waals surface area contributed by atoms with Crippen LogP contribution in [-0.2, 0) is 15.8 Å². The van der Waals surface area contributed by atoms with Crippen molar-refractivity contribution in [3.8, 4) is 11.8 Å². The van der Waals surface area contributed by atoms with Gasteiger partial charge in [0.1, 0.15) is 0 Å². The maximum Gasteiger partial charge on any atom is 0.416 e. The molecule has 1 aromatic carbocycles. The van der Waals surface area contributed by atoms with Crippen LogP contribution in [-0.4, -0.2) is 35.8 Å². The molecule has 1 fully saturated rings. The van der Waals surface area contributed by atoms with Gasteiger partial charge >= 0.3 is 6.18 Å². The number of likely N-dealkylation sites (tertiary alicyclic amines) is 1. The van der Waals surface area contributed by atoms with Crippen LogP contribution in [0.4, 0.5) is 13.2 Å². The van der Waals surface area contributed by atoms with Crippen LogP contribution in [0.15, 0.2) is 24.3 Å². The SMILES string of the molecule is CC(=O)N[C@H]1CCCN(C(=O)C#Cc2ccc(C(F)(F)F)cc2)C1. The number of nitrogens with zero attached hydrogens (tertiary/aromatic N) is 1. The van der Waals surface area contributed by atoms with Crippen molar-refractivity contribution in [2.45, 2.75) is 32.0 Å². The lowest BCUT2D eigenvalue weighted by Crippen LogP contribution is -2.48. The van der Waals surface area contributed by atoms with E-state index in [0.29, 0.717) is 18.7 Å². The minimum absolute atomic E-state index is 0.0898. The summed E-state index contributed by atoms with van der Waals surface area (Å²) in [5.74, 6) is 4.48. The number of piperidine rings is 1. The number of benzene rings is 1. The fraction of sp³-hybridized carbons (Fsp3) is 0.412. The quantitative estimate of drug-likeness (QED) is 0.798. The number of amides is 2. The number of hydrogen-bond donors (Lipinski definition) is 1. The Morgan fingerprint density at radius 1 is 1.25 bits per heavy atom. The fourth-order valence-electron chi connectivity index (χ4n) is 2.51. The van der Waals surface area contributed by atoms with Crippen LogP contribution in [0, 0.1) is 11.8 Å². The van der Waals surface area contributed by atoms with Crippen LogP contribution >= 0.6 is 0 Å². The minimum Gasteiger partial charge on any atom is -0.352 e. The molecule has 0 bridgehead atoms. The molecular formula is C17H17F3N2O2. The fourth-order valence-corrected chi connectivity index (χ4v) is 2.51. The summed E-state index contributed by atoms with van der Waals surface area (Å²) in [5, 5.41) is 2.77. The molecule has 0 spiro atoms. The van der Waals surface area contributed by atoms with Crippen molar-refractivity contribution in [1.29, 1.82) is 0 Å². The molecule has 1 aliphatic rings. The molecule has 128 valence electrons. The van der Waals surface area contributed by atoms with Crippen molar-refractivity contribution >= 4 is 11.8 Å². The zero-order chi connectivity index (χ0) is 17.7. The van der Waals surface area contributed by atoms with Gasteiger partial charge in [-0.1, -0.05) is 5.92 Å². The highest BCUT2D eigenvalue weighted by Gasteiger charge is 2.29. The van der Waals surface area contributed by atoms with Crippen molar-refractivity contribution in [2.75, 3.05) is 13.1 Å². The zero-order valence-corrected chi connectivity index (χ0v) is 13.1. The summed E-state index contributed by atoms with van der Waals surface area (Å²) in [4.78, 5) is 24.7. The lowest BCUT2D eigenvalue weighted by atomic mass is 10.1. The molecule has 0 radical (unpaired) electrons. The van der Waals surface area contributed by atoms with Gasteiger partial charge in [-0.15, -0.1) is 0 Å². The summed E-state index contributed by atoms with van der Waals surface area (Å²) in [6, 6.07) is 4.25. The second-order valence-corrected chi connectivity index (χ2v) is 5.62. The highest BCUT2D eigenvalue weighted by molar-refractivity contribution is 5.94. The first kappa shape index (κ1) is 17.9. The molecule has 1 heterocycles. The monoisotopic (exact) mass is 338 g/mol. The van der Waals surface area contributed by atoms with Crippen LogP contribution in [0.3, 0.4) is 0 Å². The van der Waals surface area contributed by atoms with Gasteiger partial charge in [-0.3, -0.25) is 9.59 Å². The van der Waals surface area contributed by atoms with Gasteiger partial charge in [0.2, 0.25) is 5.91 Å². The van der Waals surface area contributed by atoms with E-state index >= 15 is 0 Å². The highest BCUT2D eigenvalue weighted by Crippen LogP contribution is 2.28. The molecular weight excluding hydrogens is 321 g/mol. The number of hydrogen-bond acceptors (Lipinski definition) is 2. The Hall–Kier alpha value is -2.49. The molecule has 1 aromatic rings. The van der Waals surface area contributed by atoms with Gasteiger partial charge in [0.05, 0.1) is 5.56 Å². The van der Waals surface area contributed by atoms with Crippen LogP contribution in [0.5, 0.6) is 0 Å². The molecule has 0 unspecified atom stereocenters.